The lowest BCUT2D eigenvalue weighted by Crippen LogP contribution is -2.36. The zero-order chi connectivity index (χ0) is 12.7. The van der Waals surface area contributed by atoms with Crippen molar-refractivity contribution in [3.63, 3.8) is 0 Å². The van der Waals surface area contributed by atoms with Gasteiger partial charge < -0.3 is 5.73 Å². The molecule has 0 heterocycles. The second-order valence-corrected chi connectivity index (χ2v) is 3.84. The van der Waals surface area contributed by atoms with E-state index >= 15 is 0 Å². The third-order valence-corrected chi connectivity index (χ3v) is 1.88. The van der Waals surface area contributed by atoms with Gasteiger partial charge in [0.2, 0.25) is 0 Å². The van der Waals surface area contributed by atoms with Gasteiger partial charge in [-0.05, 0) is 25.5 Å². The van der Waals surface area contributed by atoms with E-state index in [-0.39, 0.29) is 17.9 Å². The van der Waals surface area contributed by atoms with Crippen molar-refractivity contribution in [2.45, 2.75) is 19.9 Å². The molecule has 0 unspecified atom stereocenters. The van der Waals surface area contributed by atoms with E-state index in [0.717, 1.165) is 5.56 Å². The van der Waals surface area contributed by atoms with E-state index in [1.165, 1.54) is 6.08 Å². The van der Waals surface area contributed by atoms with Crippen LogP contribution in [-0.4, -0.2) is 17.9 Å². The third-order valence-electron chi connectivity index (χ3n) is 1.88. The molecule has 0 fully saturated rings. The molecule has 1 rings (SSSR count). The smallest absolute Gasteiger partial charge is 0.250 e. The maximum Gasteiger partial charge on any atom is 0.250 e. The Morgan fingerprint density at radius 1 is 1.35 bits per heavy atom. The van der Waals surface area contributed by atoms with E-state index in [1.54, 1.807) is 6.08 Å². The number of carbonyl (C=O) groups is 1. The molecule has 0 atom stereocenters. The van der Waals surface area contributed by atoms with Gasteiger partial charge in [-0.25, -0.2) is 0 Å². The molecule has 0 saturated heterocycles. The lowest BCUT2D eigenvalue weighted by molar-refractivity contribution is -0.115. The number of aliphatic imine (C=N–C) groups is 1. The Morgan fingerprint density at radius 2 is 2.00 bits per heavy atom. The van der Waals surface area contributed by atoms with Crippen LogP contribution in [0.2, 0.25) is 0 Å². The van der Waals surface area contributed by atoms with E-state index in [9.17, 15) is 4.79 Å². The summed E-state index contributed by atoms with van der Waals surface area (Å²) in [6.45, 7) is 3.78. The van der Waals surface area contributed by atoms with Crippen LogP contribution in [0.15, 0.2) is 41.4 Å². The van der Waals surface area contributed by atoms with Crippen LogP contribution in [0.4, 0.5) is 0 Å². The van der Waals surface area contributed by atoms with Crippen LogP contribution >= 0.6 is 0 Å². The Kier molecular flexibility index (Phi) is 4.94. The molecule has 0 spiro atoms. The average Bonchev–Trinajstić information content (AvgIpc) is 2.26. The van der Waals surface area contributed by atoms with Crippen LogP contribution in [0.3, 0.4) is 0 Å². The summed E-state index contributed by atoms with van der Waals surface area (Å²) in [5, 5.41) is 2.48. The molecule has 90 valence electrons. The minimum atomic E-state index is -0.282. The van der Waals surface area contributed by atoms with E-state index in [0.29, 0.717) is 0 Å². The first-order chi connectivity index (χ1) is 8.08. The third kappa shape index (κ3) is 5.51. The van der Waals surface area contributed by atoms with Crippen molar-refractivity contribution in [1.29, 1.82) is 0 Å². The number of nitrogens with zero attached hydrogens (tertiary/aromatic N) is 1. The van der Waals surface area contributed by atoms with Gasteiger partial charge in [-0.3, -0.25) is 15.1 Å². The molecular weight excluding hydrogens is 214 g/mol. The maximum absolute atomic E-state index is 11.4. The summed E-state index contributed by atoms with van der Waals surface area (Å²) in [6.07, 6.45) is 3.15. The van der Waals surface area contributed by atoms with Crippen LogP contribution in [0.1, 0.15) is 19.4 Å². The van der Waals surface area contributed by atoms with Crippen molar-refractivity contribution in [3.05, 3.63) is 42.0 Å². The molecule has 0 saturated carbocycles. The number of hydrogen-bond acceptors (Lipinski definition) is 2. The van der Waals surface area contributed by atoms with Crippen molar-refractivity contribution in [2.24, 2.45) is 10.7 Å². The molecule has 17 heavy (non-hydrogen) atoms. The highest BCUT2D eigenvalue weighted by Crippen LogP contribution is 2.00. The highest BCUT2D eigenvalue weighted by atomic mass is 16.1. The lowest BCUT2D eigenvalue weighted by atomic mass is 10.2. The zero-order valence-corrected chi connectivity index (χ0v) is 10.1. The molecule has 1 amide bonds. The van der Waals surface area contributed by atoms with Crippen LogP contribution < -0.4 is 11.1 Å². The zero-order valence-electron chi connectivity index (χ0n) is 10.1. The Bertz CT molecular complexity index is 422. The predicted octanol–water partition coefficient (Wildman–Crippen LogP) is 1.54. The fourth-order valence-corrected chi connectivity index (χ4v) is 1.21. The van der Waals surface area contributed by atoms with Gasteiger partial charge >= 0.3 is 0 Å². The van der Waals surface area contributed by atoms with Gasteiger partial charge in [0, 0.05) is 12.1 Å². The van der Waals surface area contributed by atoms with Gasteiger partial charge in [-0.15, -0.1) is 0 Å². The van der Waals surface area contributed by atoms with Gasteiger partial charge in [0.25, 0.3) is 5.91 Å². The summed E-state index contributed by atoms with van der Waals surface area (Å²) in [7, 11) is 0. The van der Waals surface area contributed by atoms with E-state index < -0.39 is 0 Å². The van der Waals surface area contributed by atoms with Gasteiger partial charge in [0.15, 0.2) is 5.96 Å². The summed E-state index contributed by atoms with van der Waals surface area (Å²) >= 11 is 0. The Labute approximate surface area is 101 Å². The number of rotatable bonds is 3. The van der Waals surface area contributed by atoms with Crippen LogP contribution in [0, 0.1) is 0 Å². The minimum Gasteiger partial charge on any atom is -0.370 e. The van der Waals surface area contributed by atoms with Crippen molar-refractivity contribution in [1.82, 2.24) is 5.32 Å². The summed E-state index contributed by atoms with van der Waals surface area (Å²) in [4.78, 5) is 15.5. The number of nitrogens with one attached hydrogen (secondary N) is 1. The molecule has 3 N–H and O–H groups in total. The summed E-state index contributed by atoms with van der Waals surface area (Å²) < 4.78 is 0. The topological polar surface area (TPSA) is 67.5 Å². The SMILES string of the molecule is CC(C)N=C(N)NC(=O)C=Cc1ccccc1. The van der Waals surface area contributed by atoms with Gasteiger partial charge in [0.05, 0.1) is 0 Å². The average molecular weight is 231 g/mol. The van der Waals surface area contributed by atoms with Crippen molar-refractivity contribution in [3.8, 4) is 0 Å². The van der Waals surface area contributed by atoms with E-state index in [2.05, 4.69) is 10.3 Å². The largest absolute Gasteiger partial charge is 0.370 e. The first-order valence-corrected chi connectivity index (χ1v) is 5.45. The summed E-state index contributed by atoms with van der Waals surface area (Å²) in [6, 6.07) is 9.63. The van der Waals surface area contributed by atoms with Crippen LogP contribution in [-0.2, 0) is 4.79 Å². The highest BCUT2D eigenvalue weighted by molar-refractivity contribution is 6.03. The van der Waals surface area contributed by atoms with Gasteiger partial charge in [-0.2, -0.15) is 0 Å². The standard InChI is InChI=1S/C13H17N3O/c1-10(2)15-13(14)16-12(17)9-8-11-6-4-3-5-7-11/h3-10H,1-2H3,(H3,14,15,16,17). The molecule has 0 bridgehead atoms. The molecule has 0 aliphatic carbocycles. The monoisotopic (exact) mass is 231 g/mol. The van der Waals surface area contributed by atoms with Crippen LogP contribution in [0.5, 0.6) is 0 Å². The fourth-order valence-electron chi connectivity index (χ4n) is 1.21. The second-order valence-electron chi connectivity index (χ2n) is 3.84. The highest BCUT2D eigenvalue weighted by Gasteiger charge is 1.98. The molecule has 4 nitrogen and oxygen atoms in total. The summed E-state index contributed by atoms with van der Waals surface area (Å²) in [5.74, 6) is -0.140. The van der Waals surface area contributed by atoms with Crippen molar-refractivity contribution >= 4 is 17.9 Å². The molecule has 1 aromatic rings. The number of carbonyl (C=O) groups excluding carboxylic acids is 1. The molecule has 0 aliphatic heterocycles. The van der Waals surface area contributed by atoms with Crippen molar-refractivity contribution < 1.29 is 4.79 Å². The minimum absolute atomic E-state index is 0.0633. The molecule has 0 aliphatic rings. The molecule has 0 radical (unpaired) electrons. The number of hydrogen-bond donors (Lipinski definition) is 2. The number of benzene rings is 1. The molecule has 4 heteroatoms. The van der Waals surface area contributed by atoms with Crippen LogP contribution in [0.25, 0.3) is 6.08 Å². The number of guanidine groups is 1. The first-order valence-electron chi connectivity index (χ1n) is 5.45. The Hall–Kier alpha value is -2.10. The van der Waals surface area contributed by atoms with E-state index in [4.69, 9.17) is 5.73 Å². The first kappa shape index (κ1) is 13.0. The Balaban J connectivity index is 2.53. The van der Waals surface area contributed by atoms with Gasteiger partial charge in [-0.1, -0.05) is 30.3 Å². The number of nitrogens with two attached hydrogens (primary N) is 1. The predicted molar refractivity (Wildman–Crippen MR) is 70.4 cm³/mol. The van der Waals surface area contributed by atoms with Crippen molar-refractivity contribution in [2.75, 3.05) is 0 Å². The maximum atomic E-state index is 11.4. The molecule has 0 aromatic heterocycles. The second kappa shape index (κ2) is 6.48. The van der Waals surface area contributed by atoms with Gasteiger partial charge in [0.1, 0.15) is 0 Å². The lowest BCUT2D eigenvalue weighted by Gasteiger charge is -2.02. The van der Waals surface area contributed by atoms with E-state index in [1.807, 2.05) is 44.2 Å². The quantitative estimate of drug-likeness (QED) is 0.470. The number of amides is 1. The summed E-state index contributed by atoms with van der Waals surface area (Å²) in [5.41, 5.74) is 6.49. The normalized spacial score (nSPS) is 12.1. The fraction of sp³-hybridized carbons (Fsp3) is 0.231. The molecular formula is C13H17N3O. The Morgan fingerprint density at radius 3 is 2.59 bits per heavy atom. The molecule has 1 aromatic carbocycles.